The van der Waals surface area contributed by atoms with Crippen molar-refractivity contribution in [3.05, 3.63) is 48.0 Å². The molecule has 2 aromatic heterocycles. The van der Waals surface area contributed by atoms with Crippen molar-refractivity contribution < 1.29 is 13.9 Å². The Hall–Kier alpha value is -3.40. The van der Waals surface area contributed by atoms with E-state index < -0.39 is 0 Å². The van der Waals surface area contributed by atoms with E-state index in [1.807, 2.05) is 17.0 Å². The maximum absolute atomic E-state index is 14.0. The van der Waals surface area contributed by atoms with Crippen molar-refractivity contribution in [3.8, 4) is 22.9 Å². The fraction of sp³-hybridized carbons (Fsp3) is 0.375. The minimum Gasteiger partial charge on any atom is -0.496 e. The SMILES string of the molecule is COc1ccc(F)cc1-c1ccnc2[nH]c([C@H]3C[C@@H]4CN(C(=O)CC#N)C[C@@H]4C3)cc12. The van der Waals surface area contributed by atoms with Crippen LogP contribution in [0.5, 0.6) is 5.75 Å². The first kappa shape index (κ1) is 19.6. The van der Waals surface area contributed by atoms with E-state index in [-0.39, 0.29) is 18.1 Å². The first-order chi connectivity index (χ1) is 15.1. The summed E-state index contributed by atoms with van der Waals surface area (Å²) in [6, 6.07) is 10.5. The molecule has 1 N–H and O–H groups in total. The number of nitriles is 1. The van der Waals surface area contributed by atoms with Crippen LogP contribution in [0.1, 0.15) is 30.9 Å². The highest BCUT2D eigenvalue weighted by molar-refractivity contribution is 5.95. The van der Waals surface area contributed by atoms with Gasteiger partial charge in [-0.2, -0.15) is 5.26 Å². The van der Waals surface area contributed by atoms with E-state index in [9.17, 15) is 9.18 Å². The summed E-state index contributed by atoms with van der Waals surface area (Å²) in [4.78, 5) is 21.9. The Labute approximate surface area is 179 Å². The number of hydrogen-bond acceptors (Lipinski definition) is 4. The van der Waals surface area contributed by atoms with Crippen LogP contribution in [0.15, 0.2) is 36.5 Å². The van der Waals surface area contributed by atoms with Gasteiger partial charge < -0.3 is 14.6 Å². The standard InChI is InChI=1S/C24H23FN4O2/c1-31-22-3-2-17(25)10-19(22)18-5-7-27-24-20(18)11-21(28-24)14-8-15-12-29(13-16(15)9-14)23(30)4-6-26/h2-3,5,7,10-11,14-16H,4,8-9,12-13H2,1H3,(H,27,28)/t14-,15+,16-. The average molecular weight is 418 g/mol. The molecule has 5 rings (SSSR count). The molecule has 0 radical (unpaired) electrons. The second kappa shape index (κ2) is 7.69. The van der Waals surface area contributed by atoms with Crippen LogP contribution in [0, 0.1) is 29.0 Å². The molecule has 1 aromatic carbocycles. The number of pyridine rings is 1. The predicted molar refractivity (Wildman–Crippen MR) is 114 cm³/mol. The third-order valence-electron chi connectivity index (χ3n) is 6.78. The molecule has 0 unspecified atom stereocenters. The van der Waals surface area contributed by atoms with Gasteiger partial charge in [-0.25, -0.2) is 9.37 Å². The minimum absolute atomic E-state index is 0.0388. The first-order valence-electron chi connectivity index (χ1n) is 10.5. The molecule has 158 valence electrons. The number of hydrogen-bond donors (Lipinski definition) is 1. The van der Waals surface area contributed by atoms with Crippen LogP contribution in [-0.4, -0.2) is 41.0 Å². The topological polar surface area (TPSA) is 82.0 Å². The normalized spacial score (nSPS) is 22.5. The molecular formula is C24H23FN4O2. The van der Waals surface area contributed by atoms with Crippen molar-refractivity contribution in [1.29, 1.82) is 5.26 Å². The van der Waals surface area contributed by atoms with E-state index in [2.05, 4.69) is 16.0 Å². The number of aromatic nitrogens is 2. The van der Waals surface area contributed by atoms with Gasteiger partial charge in [-0.1, -0.05) is 0 Å². The number of halogens is 1. The third kappa shape index (κ3) is 3.42. The van der Waals surface area contributed by atoms with Crippen LogP contribution in [0.4, 0.5) is 4.39 Å². The van der Waals surface area contributed by atoms with Crippen LogP contribution < -0.4 is 4.74 Å². The molecule has 2 fully saturated rings. The Morgan fingerprint density at radius 1 is 1.26 bits per heavy atom. The summed E-state index contributed by atoms with van der Waals surface area (Å²) in [5.74, 6) is 1.56. The lowest BCUT2D eigenvalue weighted by atomic mass is 9.99. The number of aromatic amines is 1. The summed E-state index contributed by atoms with van der Waals surface area (Å²) in [5, 5.41) is 9.72. The molecule has 7 heteroatoms. The van der Waals surface area contributed by atoms with E-state index in [1.54, 1.807) is 19.4 Å². The van der Waals surface area contributed by atoms with Crippen molar-refractivity contribution in [2.45, 2.75) is 25.2 Å². The maximum atomic E-state index is 14.0. The lowest BCUT2D eigenvalue weighted by molar-refractivity contribution is -0.129. The van der Waals surface area contributed by atoms with E-state index >= 15 is 0 Å². The fourth-order valence-electron chi connectivity index (χ4n) is 5.33. The molecule has 3 heterocycles. The molecule has 1 amide bonds. The number of amides is 1. The second-order valence-electron chi connectivity index (χ2n) is 8.51. The largest absolute Gasteiger partial charge is 0.496 e. The van der Waals surface area contributed by atoms with Crippen LogP contribution in [0.3, 0.4) is 0 Å². The highest BCUT2D eigenvalue weighted by Crippen LogP contribution is 2.47. The van der Waals surface area contributed by atoms with Gasteiger partial charge in [0.25, 0.3) is 0 Å². The van der Waals surface area contributed by atoms with Crippen molar-refractivity contribution >= 4 is 16.9 Å². The molecule has 31 heavy (non-hydrogen) atoms. The summed E-state index contributed by atoms with van der Waals surface area (Å²) < 4.78 is 19.4. The Balaban J connectivity index is 1.42. The quantitative estimate of drug-likeness (QED) is 0.687. The zero-order valence-corrected chi connectivity index (χ0v) is 17.3. The highest BCUT2D eigenvalue weighted by atomic mass is 19.1. The molecule has 1 saturated heterocycles. The van der Waals surface area contributed by atoms with Crippen LogP contribution in [0.2, 0.25) is 0 Å². The van der Waals surface area contributed by atoms with Crippen LogP contribution in [0.25, 0.3) is 22.2 Å². The molecule has 1 saturated carbocycles. The van der Waals surface area contributed by atoms with Gasteiger partial charge in [-0.05, 0) is 66.5 Å². The number of nitrogens with zero attached hydrogens (tertiary/aromatic N) is 3. The molecule has 2 aliphatic rings. The van der Waals surface area contributed by atoms with E-state index in [1.165, 1.54) is 12.1 Å². The first-order valence-corrected chi connectivity index (χ1v) is 10.5. The number of likely N-dealkylation sites (tertiary alicyclic amines) is 1. The van der Waals surface area contributed by atoms with Gasteiger partial charge in [0.2, 0.25) is 5.91 Å². The molecule has 1 aliphatic carbocycles. The summed E-state index contributed by atoms with van der Waals surface area (Å²) in [6.07, 6.45) is 3.70. The molecular weight excluding hydrogens is 395 g/mol. The Morgan fingerprint density at radius 3 is 2.74 bits per heavy atom. The number of ether oxygens (including phenoxy) is 1. The zero-order chi connectivity index (χ0) is 21.5. The van der Waals surface area contributed by atoms with Gasteiger partial charge in [0.15, 0.2) is 0 Å². The number of rotatable bonds is 4. The van der Waals surface area contributed by atoms with Crippen LogP contribution in [-0.2, 0) is 4.79 Å². The monoisotopic (exact) mass is 418 g/mol. The van der Waals surface area contributed by atoms with Crippen LogP contribution >= 0.6 is 0 Å². The molecule has 0 bridgehead atoms. The highest BCUT2D eigenvalue weighted by Gasteiger charge is 2.43. The number of H-pyrrole nitrogens is 1. The third-order valence-corrected chi connectivity index (χ3v) is 6.78. The summed E-state index contributed by atoms with van der Waals surface area (Å²) in [6.45, 7) is 1.48. The number of methoxy groups -OCH3 is 1. The fourth-order valence-corrected chi connectivity index (χ4v) is 5.33. The lowest BCUT2D eigenvalue weighted by Crippen LogP contribution is -2.29. The van der Waals surface area contributed by atoms with Gasteiger partial charge in [0.1, 0.15) is 23.6 Å². The van der Waals surface area contributed by atoms with Gasteiger partial charge in [-0.3, -0.25) is 4.79 Å². The van der Waals surface area contributed by atoms with E-state index in [0.717, 1.165) is 48.2 Å². The van der Waals surface area contributed by atoms with Crippen molar-refractivity contribution in [3.63, 3.8) is 0 Å². The number of carbonyl (C=O) groups excluding carboxylic acids is 1. The van der Waals surface area contributed by atoms with E-state index in [4.69, 9.17) is 10.00 Å². The Kier molecular flexibility index (Phi) is 4.85. The predicted octanol–water partition coefficient (Wildman–Crippen LogP) is 4.24. The smallest absolute Gasteiger partial charge is 0.236 e. The van der Waals surface area contributed by atoms with Crippen molar-refractivity contribution in [2.75, 3.05) is 20.2 Å². The molecule has 1 aliphatic heterocycles. The molecule has 0 spiro atoms. The van der Waals surface area contributed by atoms with Gasteiger partial charge in [0.05, 0.1) is 13.2 Å². The van der Waals surface area contributed by atoms with Gasteiger partial charge >= 0.3 is 0 Å². The minimum atomic E-state index is -0.310. The van der Waals surface area contributed by atoms with Gasteiger partial charge in [-0.15, -0.1) is 0 Å². The van der Waals surface area contributed by atoms with Crippen molar-refractivity contribution in [1.82, 2.24) is 14.9 Å². The maximum Gasteiger partial charge on any atom is 0.236 e. The molecule has 3 atom stereocenters. The zero-order valence-electron chi connectivity index (χ0n) is 17.3. The van der Waals surface area contributed by atoms with Crippen molar-refractivity contribution in [2.24, 2.45) is 11.8 Å². The summed E-state index contributed by atoms with van der Waals surface area (Å²) in [5.41, 5.74) is 3.50. The summed E-state index contributed by atoms with van der Waals surface area (Å²) >= 11 is 0. The molecule has 6 nitrogen and oxygen atoms in total. The van der Waals surface area contributed by atoms with Gasteiger partial charge in [0, 0.05) is 35.9 Å². The average Bonchev–Trinajstić information content (AvgIpc) is 3.46. The van der Waals surface area contributed by atoms with E-state index in [0.29, 0.717) is 29.1 Å². The number of benzene rings is 1. The summed E-state index contributed by atoms with van der Waals surface area (Å²) in [7, 11) is 1.58. The number of fused-ring (bicyclic) bond motifs is 2. The Morgan fingerprint density at radius 2 is 2.03 bits per heavy atom. The number of carbonyl (C=O) groups is 1. The second-order valence-corrected chi connectivity index (χ2v) is 8.51. The lowest BCUT2D eigenvalue weighted by Gasteiger charge is -2.17. The Bertz CT molecular complexity index is 1180. The number of nitrogens with one attached hydrogen (secondary N) is 1. The molecule has 3 aromatic rings.